The summed E-state index contributed by atoms with van der Waals surface area (Å²) in [6.45, 7) is 0.941. The smallest absolute Gasteiger partial charge is 0.333 e. The number of nitrogens with zero attached hydrogens (tertiary/aromatic N) is 4. The molecule has 138 valence electrons. The van der Waals surface area contributed by atoms with E-state index in [1.54, 1.807) is 17.0 Å². The van der Waals surface area contributed by atoms with Crippen molar-refractivity contribution in [1.82, 2.24) is 19.2 Å². The van der Waals surface area contributed by atoms with Crippen molar-refractivity contribution in [1.29, 1.82) is 0 Å². The molecule has 0 atom stereocenters. The average molecular weight is 370 g/mol. The molecule has 0 radical (unpaired) electrons. The van der Waals surface area contributed by atoms with E-state index in [-0.39, 0.29) is 30.4 Å². The maximum atomic E-state index is 13.1. The number of carbonyl (C=O) groups is 1. The SMILES string of the molecule is O=C(Cc1ccc(F)cc1)N1CCn2c(nn(-c3ccc(F)cc3)c2=O)C1. The van der Waals surface area contributed by atoms with Crippen LogP contribution >= 0.6 is 0 Å². The first-order valence-electron chi connectivity index (χ1n) is 8.48. The molecule has 8 heteroatoms. The van der Waals surface area contributed by atoms with Gasteiger partial charge >= 0.3 is 5.69 Å². The summed E-state index contributed by atoms with van der Waals surface area (Å²) in [6, 6.07) is 11.3. The van der Waals surface area contributed by atoms with Gasteiger partial charge in [-0.1, -0.05) is 12.1 Å². The maximum absolute atomic E-state index is 13.1. The van der Waals surface area contributed by atoms with Crippen molar-refractivity contribution in [2.45, 2.75) is 19.5 Å². The van der Waals surface area contributed by atoms with Crippen molar-refractivity contribution in [3.63, 3.8) is 0 Å². The number of hydrogen-bond donors (Lipinski definition) is 0. The summed E-state index contributed by atoms with van der Waals surface area (Å²) in [5.74, 6) is -0.382. The largest absolute Gasteiger partial charge is 0.350 e. The van der Waals surface area contributed by atoms with Crippen LogP contribution in [0, 0.1) is 11.6 Å². The van der Waals surface area contributed by atoms with Crippen molar-refractivity contribution >= 4 is 5.91 Å². The van der Waals surface area contributed by atoms with Crippen molar-refractivity contribution in [2.75, 3.05) is 6.54 Å². The van der Waals surface area contributed by atoms with Gasteiger partial charge in [-0.05, 0) is 42.0 Å². The molecule has 2 aromatic carbocycles. The molecule has 0 N–H and O–H groups in total. The normalized spacial score (nSPS) is 13.5. The molecule has 1 aliphatic heterocycles. The highest BCUT2D eigenvalue weighted by molar-refractivity contribution is 5.78. The highest BCUT2D eigenvalue weighted by atomic mass is 19.1. The molecule has 2 heterocycles. The minimum Gasteiger partial charge on any atom is -0.333 e. The fourth-order valence-electron chi connectivity index (χ4n) is 3.10. The van der Waals surface area contributed by atoms with Gasteiger partial charge in [0, 0.05) is 13.1 Å². The minimum absolute atomic E-state index is 0.114. The van der Waals surface area contributed by atoms with E-state index in [2.05, 4.69) is 5.10 Å². The lowest BCUT2D eigenvalue weighted by molar-refractivity contribution is -0.132. The molecular formula is C19H16F2N4O2. The Morgan fingerprint density at radius 3 is 2.26 bits per heavy atom. The Labute approximate surface area is 153 Å². The first-order valence-corrected chi connectivity index (χ1v) is 8.48. The summed E-state index contributed by atoms with van der Waals surface area (Å²) in [7, 11) is 0. The van der Waals surface area contributed by atoms with Crippen molar-refractivity contribution < 1.29 is 13.6 Å². The molecule has 1 aromatic heterocycles. The van der Waals surface area contributed by atoms with E-state index in [0.717, 1.165) is 5.56 Å². The summed E-state index contributed by atoms with van der Waals surface area (Å²) >= 11 is 0. The van der Waals surface area contributed by atoms with Crippen LogP contribution in [0.3, 0.4) is 0 Å². The van der Waals surface area contributed by atoms with Gasteiger partial charge in [0.25, 0.3) is 0 Å². The summed E-state index contributed by atoms with van der Waals surface area (Å²) in [5.41, 5.74) is 0.871. The molecule has 27 heavy (non-hydrogen) atoms. The molecule has 1 aliphatic rings. The molecule has 3 aromatic rings. The van der Waals surface area contributed by atoms with Crippen LogP contribution in [0.4, 0.5) is 8.78 Å². The van der Waals surface area contributed by atoms with Crippen LogP contribution < -0.4 is 5.69 Å². The monoisotopic (exact) mass is 370 g/mol. The molecule has 0 unspecified atom stereocenters. The third kappa shape index (κ3) is 3.38. The fraction of sp³-hybridized carbons (Fsp3) is 0.211. The second-order valence-electron chi connectivity index (χ2n) is 6.36. The van der Waals surface area contributed by atoms with Gasteiger partial charge < -0.3 is 4.90 Å². The fourth-order valence-corrected chi connectivity index (χ4v) is 3.10. The van der Waals surface area contributed by atoms with Crippen LogP contribution in [-0.4, -0.2) is 31.7 Å². The number of rotatable bonds is 3. The molecule has 0 spiro atoms. The van der Waals surface area contributed by atoms with Gasteiger partial charge in [0.15, 0.2) is 5.82 Å². The molecule has 6 nitrogen and oxygen atoms in total. The van der Waals surface area contributed by atoms with E-state index in [4.69, 9.17) is 0 Å². The lowest BCUT2D eigenvalue weighted by Gasteiger charge is -2.26. The van der Waals surface area contributed by atoms with E-state index in [0.29, 0.717) is 24.6 Å². The predicted octanol–water partition coefficient (Wildman–Crippen LogP) is 1.90. The highest BCUT2D eigenvalue weighted by Gasteiger charge is 2.25. The number of halogens is 2. The first kappa shape index (κ1) is 17.1. The Morgan fingerprint density at radius 1 is 0.963 bits per heavy atom. The number of amides is 1. The number of fused-ring (bicyclic) bond motifs is 1. The zero-order chi connectivity index (χ0) is 19.0. The van der Waals surface area contributed by atoms with Crippen LogP contribution in [0.5, 0.6) is 0 Å². The molecule has 0 bridgehead atoms. The minimum atomic E-state index is -0.395. The summed E-state index contributed by atoms with van der Waals surface area (Å²) in [4.78, 5) is 26.7. The standard InChI is InChI=1S/C19H16F2N4O2/c20-14-3-1-13(2-4-14)11-18(26)23-9-10-24-17(12-23)22-25(19(24)27)16-7-5-15(21)6-8-16/h1-8H,9-12H2. The van der Waals surface area contributed by atoms with E-state index < -0.39 is 5.82 Å². The Morgan fingerprint density at radius 2 is 1.59 bits per heavy atom. The quantitative estimate of drug-likeness (QED) is 0.708. The summed E-state index contributed by atoms with van der Waals surface area (Å²) in [6.07, 6.45) is 0.156. The molecule has 0 saturated heterocycles. The molecule has 0 saturated carbocycles. The Hall–Kier alpha value is -3.29. The zero-order valence-corrected chi connectivity index (χ0v) is 14.3. The van der Waals surface area contributed by atoms with Gasteiger partial charge in [-0.2, -0.15) is 4.68 Å². The van der Waals surface area contributed by atoms with Crippen LogP contribution in [0.25, 0.3) is 5.69 Å². The molecule has 4 rings (SSSR count). The number of hydrogen-bond acceptors (Lipinski definition) is 3. The lowest BCUT2D eigenvalue weighted by Crippen LogP contribution is -2.41. The predicted molar refractivity (Wildman–Crippen MR) is 93.3 cm³/mol. The zero-order valence-electron chi connectivity index (χ0n) is 14.3. The average Bonchev–Trinajstić information content (AvgIpc) is 3.00. The van der Waals surface area contributed by atoms with Crippen molar-refractivity contribution in [2.24, 2.45) is 0 Å². The van der Waals surface area contributed by atoms with E-state index >= 15 is 0 Å². The Bertz CT molecular complexity index is 1040. The van der Waals surface area contributed by atoms with Gasteiger partial charge in [0.1, 0.15) is 11.6 Å². The van der Waals surface area contributed by atoms with Crippen LogP contribution in [0.1, 0.15) is 11.4 Å². The second kappa shape index (κ2) is 6.79. The third-order valence-electron chi connectivity index (χ3n) is 4.56. The summed E-state index contributed by atoms with van der Waals surface area (Å²) in [5, 5.41) is 4.30. The van der Waals surface area contributed by atoms with Gasteiger partial charge in [-0.15, -0.1) is 5.10 Å². The molecule has 1 amide bonds. The first-order chi connectivity index (χ1) is 13.0. The summed E-state index contributed by atoms with van der Waals surface area (Å²) < 4.78 is 28.8. The molecule has 0 aliphatic carbocycles. The van der Waals surface area contributed by atoms with Crippen LogP contribution in [0.2, 0.25) is 0 Å². The number of aromatic nitrogens is 3. The van der Waals surface area contributed by atoms with Crippen LogP contribution in [-0.2, 0) is 24.3 Å². The van der Waals surface area contributed by atoms with Gasteiger partial charge in [-0.3, -0.25) is 9.36 Å². The molecule has 0 fully saturated rings. The van der Waals surface area contributed by atoms with Crippen LogP contribution in [0.15, 0.2) is 53.3 Å². The van der Waals surface area contributed by atoms with E-state index in [9.17, 15) is 18.4 Å². The van der Waals surface area contributed by atoms with Gasteiger partial charge in [0.05, 0.1) is 18.7 Å². The Kier molecular flexibility index (Phi) is 4.31. The van der Waals surface area contributed by atoms with Gasteiger partial charge in [-0.25, -0.2) is 13.6 Å². The number of benzene rings is 2. The number of carbonyl (C=O) groups excluding carboxylic acids is 1. The second-order valence-corrected chi connectivity index (χ2v) is 6.36. The van der Waals surface area contributed by atoms with E-state index in [1.165, 1.54) is 45.6 Å². The van der Waals surface area contributed by atoms with Crippen molar-refractivity contribution in [3.05, 3.63) is 82.0 Å². The maximum Gasteiger partial charge on any atom is 0.350 e. The van der Waals surface area contributed by atoms with Crippen molar-refractivity contribution in [3.8, 4) is 5.69 Å². The van der Waals surface area contributed by atoms with E-state index in [1.807, 2.05) is 0 Å². The highest BCUT2D eigenvalue weighted by Crippen LogP contribution is 2.13. The molecular weight excluding hydrogens is 354 g/mol. The van der Waals surface area contributed by atoms with Gasteiger partial charge in [0.2, 0.25) is 5.91 Å². The topological polar surface area (TPSA) is 60.1 Å². The lowest BCUT2D eigenvalue weighted by atomic mass is 10.1. The third-order valence-corrected chi connectivity index (χ3v) is 4.56. The Balaban J connectivity index is 1.53.